The molecule has 0 saturated heterocycles. The lowest BCUT2D eigenvalue weighted by Crippen LogP contribution is -2.00. The predicted octanol–water partition coefficient (Wildman–Crippen LogP) is 6.01. The molecule has 3 heteroatoms. The Balaban J connectivity index is 1.82. The number of alkyl halides is 1. The fourth-order valence-electron chi connectivity index (χ4n) is 3.30. The highest BCUT2D eigenvalue weighted by Gasteiger charge is 2.11. The number of rotatable bonds is 6. The Kier molecular flexibility index (Phi) is 4.75. The Labute approximate surface area is 156 Å². The Bertz CT molecular complexity index is 991. The average Bonchev–Trinajstić information content (AvgIpc) is 2.96. The van der Waals surface area contributed by atoms with Crippen LogP contribution in [0.3, 0.4) is 0 Å². The largest absolute Gasteiger partial charge is 0.493 e. The summed E-state index contributed by atoms with van der Waals surface area (Å²) in [5.41, 5.74) is 3.79. The Morgan fingerprint density at radius 3 is 2.40 bits per heavy atom. The summed E-state index contributed by atoms with van der Waals surface area (Å²) in [6.45, 7) is 1.59. The van der Waals surface area contributed by atoms with Gasteiger partial charge in [-0.05, 0) is 30.2 Å². The van der Waals surface area contributed by atoms with Crippen LogP contribution < -0.4 is 4.74 Å². The number of para-hydroxylation sites is 1. The van der Waals surface area contributed by atoms with Gasteiger partial charge in [-0.15, -0.1) is 0 Å². The Morgan fingerprint density at radius 2 is 1.56 bits per heavy atom. The van der Waals surface area contributed by atoms with Crippen molar-refractivity contribution in [3.63, 3.8) is 0 Å². The first-order valence-corrected chi connectivity index (χ1v) is 9.72. The molecule has 0 bridgehead atoms. The minimum Gasteiger partial charge on any atom is -0.493 e. The lowest BCUT2D eigenvalue weighted by atomic mass is 10.1. The SMILES string of the molecule is BrCCCOc1ccc2c3ccccc3n(Cc3ccccc3)c2c1. The first kappa shape index (κ1) is 16.2. The molecule has 0 fully saturated rings. The highest BCUT2D eigenvalue weighted by Crippen LogP contribution is 2.32. The molecule has 0 spiro atoms. The number of hydrogen-bond acceptors (Lipinski definition) is 1. The van der Waals surface area contributed by atoms with Gasteiger partial charge < -0.3 is 9.30 Å². The van der Waals surface area contributed by atoms with Crippen molar-refractivity contribution >= 4 is 37.7 Å². The maximum absolute atomic E-state index is 5.91. The molecule has 3 aromatic carbocycles. The third-order valence-corrected chi connectivity index (χ3v) is 5.04. The second kappa shape index (κ2) is 7.32. The van der Waals surface area contributed by atoms with Crippen LogP contribution in [0.15, 0.2) is 72.8 Å². The quantitative estimate of drug-likeness (QED) is 0.289. The van der Waals surface area contributed by atoms with E-state index in [1.54, 1.807) is 0 Å². The summed E-state index contributed by atoms with van der Waals surface area (Å²) in [6.07, 6.45) is 1.00. The van der Waals surface area contributed by atoms with E-state index in [0.29, 0.717) is 0 Å². The van der Waals surface area contributed by atoms with Gasteiger partial charge in [0.2, 0.25) is 0 Å². The second-order valence-corrected chi connectivity index (χ2v) is 6.95. The zero-order valence-electron chi connectivity index (χ0n) is 14.0. The van der Waals surface area contributed by atoms with E-state index in [-0.39, 0.29) is 0 Å². The molecule has 0 aliphatic rings. The van der Waals surface area contributed by atoms with Crippen LogP contribution in [-0.4, -0.2) is 16.5 Å². The lowest BCUT2D eigenvalue weighted by molar-refractivity contribution is 0.319. The topological polar surface area (TPSA) is 14.2 Å². The first-order valence-electron chi connectivity index (χ1n) is 8.60. The number of nitrogens with zero attached hydrogens (tertiary/aromatic N) is 1. The van der Waals surface area contributed by atoms with Crippen molar-refractivity contribution in [3.05, 3.63) is 78.4 Å². The minimum atomic E-state index is 0.732. The molecule has 0 unspecified atom stereocenters. The number of aromatic nitrogens is 1. The van der Waals surface area contributed by atoms with Crippen LogP contribution in [0.2, 0.25) is 0 Å². The third kappa shape index (κ3) is 3.29. The summed E-state index contributed by atoms with van der Waals surface area (Å²) in [6, 6.07) is 25.7. The van der Waals surface area contributed by atoms with E-state index in [1.165, 1.54) is 27.4 Å². The van der Waals surface area contributed by atoms with Crippen LogP contribution in [-0.2, 0) is 6.54 Å². The first-order chi connectivity index (χ1) is 12.4. The van der Waals surface area contributed by atoms with Crippen LogP contribution >= 0.6 is 15.9 Å². The zero-order valence-corrected chi connectivity index (χ0v) is 15.6. The van der Waals surface area contributed by atoms with E-state index in [4.69, 9.17) is 4.74 Å². The standard InChI is InChI=1S/C22H20BrNO/c23-13-6-14-25-18-11-12-20-19-9-4-5-10-21(19)24(22(20)15-18)16-17-7-2-1-3-8-17/h1-5,7-12,15H,6,13-14,16H2. The predicted molar refractivity (Wildman–Crippen MR) is 109 cm³/mol. The summed E-state index contributed by atoms with van der Waals surface area (Å²) >= 11 is 3.45. The van der Waals surface area contributed by atoms with Gasteiger partial charge in [0.1, 0.15) is 5.75 Å². The Hall–Kier alpha value is -2.26. The maximum Gasteiger partial charge on any atom is 0.121 e. The van der Waals surface area contributed by atoms with Gasteiger partial charge in [0.05, 0.1) is 12.1 Å². The average molecular weight is 394 g/mol. The number of hydrogen-bond donors (Lipinski definition) is 0. The van der Waals surface area contributed by atoms with Crippen LogP contribution in [0.25, 0.3) is 21.8 Å². The highest BCUT2D eigenvalue weighted by atomic mass is 79.9. The maximum atomic E-state index is 5.91. The molecule has 0 aliphatic heterocycles. The van der Waals surface area contributed by atoms with Crippen molar-refractivity contribution in [1.29, 1.82) is 0 Å². The number of fused-ring (bicyclic) bond motifs is 3. The van der Waals surface area contributed by atoms with Crippen molar-refractivity contribution in [1.82, 2.24) is 4.57 Å². The monoisotopic (exact) mass is 393 g/mol. The number of benzene rings is 3. The fraction of sp³-hybridized carbons (Fsp3) is 0.182. The van der Waals surface area contributed by atoms with E-state index >= 15 is 0 Å². The molecule has 0 N–H and O–H groups in total. The lowest BCUT2D eigenvalue weighted by Gasteiger charge is -2.09. The van der Waals surface area contributed by atoms with E-state index in [2.05, 4.69) is 93.3 Å². The molecular weight excluding hydrogens is 374 g/mol. The van der Waals surface area contributed by atoms with Crippen LogP contribution in [0, 0.1) is 0 Å². The van der Waals surface area contributed by atoms with Crippen molar-refractivity contribution in [2.45, 2.75) is 13.0 Å². The molecule has 0 radical (unpaired) electrons. The van der Waals surface area contributed by atoms with Gasteiger partial charge in [0.25, 0.3) is 0 Å². The molecule has 2 nitrogen and oxygen atoms in total. The normalized spacial score (nSPS) is 11.2. The molecule has 0 saturated carbocycles. The summed E-state index contributed by atoms with van der Waals surface area (Å²) in [4.78, 5) is 0. The molecule has 1 heterocycles. The van der Waals surface area contributed by atoms with Crippen molar-refractivity contribution in [3.8, 4) is 5.75 Å². The van der Waals surface area contributed by atoms with Crippen molar-refractivity contribution in [2.75, 3.05) is 11.9 Å². The van der Waals surface area contributed by atoms with E-state index in [0.717, 1.165) is 30.7 Å². The molecule has 1 aromatic heterocycles. The second-order valence-electron chi connectivity index (χ2n) is 6.16. The fourth-order valence-corrected chi connectivity index (χ4v) is 3.53. The molecule has 4 aromatic rings. The molecule has 25 heavy (non-hydrogen) atoms. The third-order valence-electron chi connectivity index (χ3n) is 4.48. The van der Waals surface area contributed by atoms with Gasteiger partial charge in [0.15, 0.2) is 0 Å². The summed E-state index contributed by atoms with van der Waals surface area (Å²) in [5, 5.41) is 3.53. The molecular formula is C22H20BrNO. The van der Waals surface area contributed by atoms with Gasteiger partial charge in [0, 0.05) is 34.2 Å². The summed E-state index contributed by atoms with van der Waals surface area (Å²) in [5.74, 6) is 0.936. The smallest absolute Gasteiger partial charge is 0.121 e. The van der Waals surface area contributed by atoms with Crippen LogP contribution in [0.5, 0.6) is 5.75 Å². The van der Waals surface area contributed by atoms with Crippen molar-refractivity contribution < 1.29 is 4.74 Å². The van der Waals surface area contributed by atoms with Crippen molar-refractivity contribution in [2.24, 2.45) is 0 Å². The van der Waals surface area contributed by atoms with Crippen LogP contribution in [0.4, 0.5) is 0 Å². The van der Waals surface area contributed by atoms with Gasteiger partial charge in [-0.3, -0.25) is 0 Å². The molecule has 126 valence electrons. The molecule has 0 atom stereocenters. The molecule has 4 rings (SSSR count). The summed E-state index contributed by atoms with van der Waals surface area (Å²) in [7, 11) is 0. The number of ether oxygens (including phenoxy) is 1. The van der Waals surface area contributed by atoms with Crippen LogP contribution in [0.1, 0.15) is 12.0 Å². The highest BCUT2D eigenvalue weighted by molar-refractivity contribution is 9.09. The van der Waals surface area contributed by atoms with E-state index in [9.17, 15) is 0 Å². The zero-order chi connectivity index (χ0) is 17.1. The van der Waals surface area contributed by atoms with E-state index in [1.807, 2.05) is 0 Å². The summed E-state index contributed by atoms with van der Waals surface area (Å²) < 4.78 is 8.30. The van der Waals surface area contributed by atoms with Gasteiger partial charge in [-0.2, -0.15) is 0 Å². The minimum absolute atomic E-state index is 0.732. The molecule has 0 amide bonds. The molecule has 0 aliphatic carbocycles. The van der Waals surface area contributed by atoms with Gasteiger partial charge in [-0.1, -0.05) is 64.5 Å². The van der Waals surface area contributed by atoms with Gasteiger partial charge >= 0.3 is 0 Å². The van der Waals surface area contributed by atoms with Gasteiger partial charge in [-0.25, -0.2) is 0 Å². The Morgan fingerprint density at radius 1 is 0.800 bits per heavy atom. The van der Waals surface area contributed by atoms with E-state index < -0.39 is 0 Å². The number of halogens is 1.